The van der Waals surface area contributed by atoms with Gasteiger partial charge >= 0.3 is 0 Å². The minimum Gasteiger partial charge on any atom is -0.488 e. The first-order valence-corrected chi connectivity index (χ1v) is 9.05. The molecule has 1 saturated heterocycles. The average Bonchev–Trinajstić information content (AvgIpc) is 3.15. The molecule has 1 fully saturated rings. The molecule has 0 radical (unpaired) electrons. The summed E-state index contributed by atoms with van der Waals surface area (Å²) in [6.07, 6.45) is 2.20. The van der Waals surface area contributed by atoms with Gasteiger partial charge < -0.3 is 15.4 Å². The lowest BCUT2D eigenvalue weighted by Crippen LogP contribution is -2.26. The third-order valence-corrected chi connectivity index (χ3v) is 4.69. The number of para-hydroxylation sites is 1. The molecule has 1 unspecified atom stereocenters. The molecule has 3 rings (SSSR count). The maximum atomic E-state index is 12.5. The fourth-order valence-corrected chi connectivity index (χ4v) is 3.09. The number of ether oxygens (including phenoxy) is 1. The zero-order chi connectivity index (χ0) is 17.5. The SMILES string of the molecule is O=C(NCCC1CCNC1)c1ccccc1OCc1ccc(Cl)cc1. The Hall–Kier alpha value is -2.04. The van der Waals surface area contributed by atoms with Crippen LogP contribution in [0.2, 0.25) is 5.02 Å². The van der Waals surface area contributed by atoms with E-state index in [2.05, 4.69) is 10.6 Å². The van der Waals surface area contributed by atoms with Gasteiger partial charge in [-0.15, -0.1) is 0 Å². The second-order valence-corrected chi connectivity index (χ2v) is 6.75. The summed E-state index contributed by atoms with van der Waals surface area (Å²) in [6, 6.07) is 14.8. The molecule has 0 bridgehead atoms. The lowest BCUT2D eigenvalue weighted by molar-refractivity contribution is 0.0947. The van der Waals surface area contributed by atoms with Crippen molar-refractivity contribution in [2.45, 2.75) is 19.4 Å². The highest BCUT2D eigenvalue weighted by Gasteiger charge is 2.16. The molecule has 4 nitrogen and oxygen atoms in total. The molecule has 1 amide bonds. The summed E-state index contributed by atoms with van der Waals surface area (Å²) in [5, 5.41) is 7.05. The number of hydrogen-bond donors (Lipinski definition) is 2. The number of carbonyl (C=O) groups is 1. The molecule has 2 aromatic carbocycles. The average molecular weight is 359 g/mol. The first kappa shape index (κ1) is 17.8. The first-order valence-electron chi connectivity index (χ1n) is 8.67. The van der Waals surface area contributed by atoms with Crippen molar-refractivity contribution in [3.63, 3.8) is 0 Å². The molecule has 5 heteroatoms. The maximum absolute atomic E-state index is 12.5. The van der Waals surface area contributed by atoms with Gasteiger partial charge in [0.15, 0.2) is 0 Å². The van der Waals surface area contributed by atoms with Crippen LogP contribution >= 0.6 is 11.6 Å². The van der Waals surface area contributed by atoms with Gasteiger partial charge in [-0.2, -0.15) is 0 Å². The Balaban J connectivity index is 1.55. The molecule has 0 saturated carbocycles. The van der Waals surface area contributed by atoms with Crippen LogP contribution in [0.1, 0.15) is 28.8 Å². The number of hydrogen-bond acceptors (Lipinski definition) is 3. The summed E-state index contributed by atoms with van der Waals surface area (Å²) in [5.41, 5.74) is 1.58. The quantitative estimate of drug-likeness (QED) is 0.794. The van der Waals surface area contributed by atoms with E-state index in [1.165, 1.54) is 6.42 Å². The van der Waals surface area contributed by atoms with E-state index in [-0.39, 0.29) is 5.91 Å². The molecule has 0 aromatic heterocycles. The van der Waals surface area contributed by atoms with Gasteiger partial charge in [0.05, 0.1) is 5.56 Å². The van der Waals surface area contributed by atoms with E-state index in [1.807, 2.05) is 42.5 Å². The molecular weight excluding hydrogens is 336 g/mol. The third kappa shape index (κ3) is 5.21. The topological polar surface area (TPSA) is 50.4 Å². The molecule has 1 aliphatic rings. The predicted octanol–water partition coefficient (Wildman–Crippen LogP) is 3.65. The fraction of sp³-hybridized carbons (Fsp3) is 0.350. The van der Waals surface area contributed by atoms with Crippen molar-refractivity contribution in [1.29, 1.82) is 0 Å². The minimum absolute atomic E-state index is 0.0855. The summed E-state index contributed by atoms with van der Waals surface area (Å²) in [7, 11) is 0. The zero-order valence-corrected chi connectivity index (χ0v) is 14.9. The molecule has 0 aliphatic carbocycles. The second kappa shape index (κ2) is 8.88. The van der Waals surface area contributed by atoms with Crippen LogP contribution in [0.15, 0.2) is 48.5 Å². The second-order valence-electron chi connectivity index (χ2n) is 6.31. The first-order chi connectivity index (χ1) is 12.2. The third-order valence-electron chi connectivity index (χ3n) is 4.44. The molecule has 1 atom stereocenters. The number of carbonyl (C=O) groups excluding carboxylic acids is 1. The summed E-state index contributed by atoms with van der Waals surface area (Å²) in [6.45, 7) is 3.22. The molecule has 0 spiro atoms. The molecule has 25 heavy (non-hydrogen) atoms. The Labute approximate surface area is 153 Å². The van der Waals surface area contributed by atoms with Crippen molar-refractivity contribution < 1.29 is 9.53 Å². The van der Waals surface area contributed by atoms with Gasteiger partial charge in [0.1, 0.15) is 12.4 Å². The summed E-state index contributed by atoms with van der Waals surface area (Å²) < 4.78 is 5.85. The van der Waals surface area contributed by atoms with E-state index < -0.39 is 0 Å². The Bertz CT molecular complexity index is 697. The molecular formula is C20H23ClN2O2. The van der Waals surface area contributed by atoms with Gasteiger partial charge in [-0.1, -0.05) is 35.9 Å². The van der Waals surface area contributed by atoms with Crippen molar-refractivity contribution in [1.82, 2.24) is 10.6 Å². The van der Waals surface area contributed by atoms with E-state index in [0.717, 1.165) is 25.1 Å². The molecule has 132 valence electrons. The van der Waals surface area contributed by atoms with Crippen LogP contribution in [0, 0.1) is 5.92 Å². The number of nitrogens with one attached hydrogen (secondary N) is 2. The van der Waals surface area contributed by atoms with E-state index in [0.29, 0.717) is 35.4 Å². The van der Waals surface area contributed by atoms with Gasteiger partial charge in [-0.05, 0) is 61.7 Å². The van der Waals surface area contributed by atoms with E-state index in [4.69, 9.17) is 16.3 Å². The van der Waals surface area contributed by atoms with Crippen LogP contribution in [0.25, 0.3) is 0 Å². The van der Waals surface area contributed by atoms with Gasteiger partial charge in [-0.25, -0.2) is 0 Å². The normalized spacial score (nSPS) is 16.6. The largest absolute Gasteiger partial charge is 0.488 e. The number of amides is 1. The van der Waals surface area contributed by atoms with Gasteiger partial charge in [-0.3, -0.25) is 4.79 Å². The number of rotatable bonds is 7. The minimum atomic E-state index is -0.0855. The summed E-state index contributed by atoms with van der Waals surface area (Å²) in [5.74, 6) is 1.17. The van der Waals surface area contributed by atoms with Crippen LogP contribution in [0.3, 0.4) is 0 Å². The van der Waals surface area contributed by atoms with Gasteiger partial charge in [0.2, 0.25) is 0 Å². The lowest BCUT2D eigenvalue weighted by Gasteiger charge is -2.13. The van der Waals surface area contributed by atoms with Crippen LogP contribution in [0.5, 0.6) is 5.75 Å². The van der Waals surface area contributed by atoms with Gasteiger partial charge in [0.25, 0.3) is 5.91 Å². The van der Waals surface area contributed by atoms with Crippen molar-refractivity contribution in [2.75, 3.05) is 19.6 Å². The standard InChI is InChI=1S/C20H23ClN2O2/c21-17-7-5-16(6-8-17)14-25-19-4-2-1-3-18(19)20(24)23-12-10-15-9-11-22-13-15/h1-8,15,22H,9-14H2,(H,23,24). The monoisotopic (exact) mass is 358 g/mol. The van der Waals surface area contributed by atoms with Crippen LogP contribution in [-0.4, -0.2) is 25.5 Å². The molecule has 1 heterocycles. The van der Waals surface area contributed by atoms with Crippen molar-refractivity contribution in [3.05, 3.63) is 64.7 Å². The highest BCUT2D eigenvalue weighted by Crippen LogP contribution is 2.20. The predicted molar refractivity (Wildman–Crippen MR) is 100 cm³/mol. The van der Waals surface area contributed by atoms with Gasteiger partial charge in [0, 0.05) is 11.6 Å². The van der Waals surface area contributed by atoms with Crippen LogP contribution < -0.4 is 15.4 Å². The lowest BCUT2D eigenvalue weighted by atomic mass is 10.1. The Kier molecular flexibility index (Phi) is 6.31. The summed E-state index contributed by atoms with van der Waals surface area (Å²) in [4.78, 5) is 12.5. The van der Waals surface area contributed by atoms with Crippen molar-refractivity contribution >= 4 is 17.5 Å². The smallest absolute Gasteiger partial charge is 0.255 e. The van der Waals surface area contributed by atoms with E-state index in [1.54, 1.807) is 6.07 Å². The molecule has 1 aliphatic heterocycles. The molecule has 2 aromatic rings. The maximum Gasteiger partial charge on any atom is 0.255 e. The Morgan fingerprint density at radius 3 is 2.76 bits per heavy atom. The van der Waals surface area contributed by atoms with Crippen molar-refractivity contribution in [2.24, 2.45) is 5.92 Å². The highest BCUT2D eigenvalue weighted by atomic mass is 35.5. The van der Waals surface area contributed by atoms with E-state index in [9.17, 15) is 4.79 Å². The number of benzene rings is 2. The Morgan fingerprint density at radius 2 is 2.00 bits per heavy atom. The fourth-order valence-electron chi connectivity index (χ4n) is 2.97. The zero-order valence-electron chi connectivity index (χ0n) is 14.1. The number of halogens is 1. The summed E-state index contributed by atoms with van der Waals surface area (Å²) >= 11 is 5.89. The molecule has 2 N–H and O–H groups in total. The van der Waals surface area contributed by atoms with Crippen LogP contribution in [-0.2, 0) is 6.61 Å². The van der Waals surface area contributed by atoms with Crippen molar-refractivity contribution in [3.8, 4) is 5.75 Å². The van der Waals surface area contributed by atoms with Crippen LogP contribution in [0.4, 0.5) is 0 Å². The Morgan fingerprint density at radius 1 is 1.20 bits per heavy atom. The highest BCUT2D eigenvalue weighted by molar-refractivity contribution is 6.30. The van der Waals surface area contributed by atoms with E-state index >= 15 is 0 Å².